The van der Waals surface area contributed by atoms with Crippen molar-refractivity contribution in [2.24, 2.45) is 0 Å². The second kappa shape index (κ2) is 5.48. The summed E-state index contributed by atoms with van der Waals surface area (Å²) >= 11 is 3.49. The molecule has 96 valence electrons. The van der Waals surface area contributed by atoms with Crippen molar-refractivity contribution in [1.82, 2.24) is 20.2 Å². The Morgan fingerprint density at radius 3 is 2.94 bits per heavy atom. The molecule has 1 atom stereocenters. The van der Waals surface area contributed by atoms with Crippen LogP contribution in [0.15, 0.2) is 22.7 Å². The van der Waals surface area contributed by atoms with Gasteiger partial charge >= 0.3 is 0 Å². The molecule has 1 aromatic heterocycles. The molecule has 0 aliphatic carbocycles. The van der Waals surface area contributed by atoms with E-state index >= 15 is 0 Å². The first-order chi connectivity index (χ1) is 8.65. The van der Waals surface area contributed by atoms with Gasteiger partial charge in [0, 0.05) is 11.3 Å². The van der Waals surface area contributed by atoms with Crippen LogP contribution in [0.25, 0.3) is 11.4 Å². The van der Waals surface area contributed by atoms with Gasteiger partial charge in [0.15, 0.2) is 5.82 Å². The van der Waals surface area contributed by atoms with Gasteiger partial charge in [-0.15, -0.1) is 5.10 Å². The molecule has 18 heavy (non-hydrogen) atoms. The largest absolute Gasteiger partial charge is 0.398 e. The van der Waals surface area contributed by atoms with Gasteiger partial charge in [-0.2, -0.15) is 0 Å². The fourth-order valence-electron chi connectivity index (χ4n) is 1.93. The molecule has 0 spiro atoms. The Bertz CT molecular complexity index is 537. The van der Waals surface area contributed by atoms with Crippen LogP contribution in [0.4, 0.5) is 5.69 Å². The summed E-state index contributed by atoms with van der Waals surface area (Å²) in [6, 6.07) is 5.98. The second-order valence-corrected chi connectivity index (χ2v) is 5.09. The van der Waals surface area contributed by atoms with E-state index in [2.05, 4.69) is 45.3 Å². The van der Waals surface area contributed by atoms with E-state index in [-0.39, 0.29) is 6.04 Å². The van der Waals surface area contributed by atoms with Crippen LogP contribution in [-0.2, 0) is 0 Å². The fraction of sp³-hybridized carbons (Fsp3) is 0.417. The zero-order valence-electron chi connectivity index (χ0n) is 10.5. The number of nitrogens with two attached hydrogens (primary N) is 1. The van der Waals surface area contributed by atoms with E-state index in [1.165, 1.54) is 0 Å². The maximum absolute atomic E-state index is 5.89. The number of aromatic nitrogens is 4. The number of nitrogen functional groups attached to an aromatic ring is 1. The van der Waals surface area contributed by atoms with Crippen molar-refractivity contribution in [3.05, 3.63) is 22.7 Å². The van der Waals surface area contributed by atoms with Gasteiger partial charge in [0.1, 0.15) is 0 Å². The Hall–Kier alpha value is -1.43. The fourth-order valence-corrected chi connectivity index (χ4v) is 2.37. The van der Waals surface area contributed by atoms with Gasteiger partial charge in [-0.05, 0) is 51.8 Å². The number of hydrogen-bond donors (Lipinski definition) is 1. The molecule has 0 bridgehead atoms. The predicted octanol–water partition coefficient (Wildman–Crippen LogP) is 3.05. The molecule has 1 aromatic carbocycles. The molecule has 5 nitrogen and oxygen atoms in total. The normalized spacial score (nSPS) is 12.6. The average molecular weight is 310 g/mol. The number of halogens is 1. The summed E-state index contributed by atoms with van der Waals surface area (Å²) in [5.41, 5.74) is 7.49. The number of tetrazole rings is 1. The molecule has 6 heteroatoms. The molecule has 0 aliphatic heterocycles. The van der Waals surface area contributed by atoms with Crippen LogP contribution < -0.4 is 5.73 Å². The van der Waals surface area contributed by atoms with Crippen molar-refractivity contribution in [2.45, 2.75) is 32.7 Å². The minimum absolute atomic E-state index is 0.272. The summed E-state index contributed by atoms with van der Waals surface area (Å²) < 4.78 is 2.69. The number of benzene rings is 1. The van der Waals surface area contributed by atoms with E-state index in [4.69, 9.17) is 5.73 Å². The molecule has 2 N–H and O–H groups in total. The zero-order valence-corrected chi connectivity index (χ0v) is 12.1. The lowest BCUT2D eigenvalue weighted by atomic mass is 10.1. The zero-order chi connectivity index (χ0) is 13.1. The van der Waals surface area contributed by atoms with E-state index < -0.39 is 0 Å². The third-order valence-corrected chi connectivity index (χ3v) is 3.77. The highest BCUT2D eigenvalue weighted by atomic mass is 79.9. The summed E-state index contributed by atoms with van der Waals surface area (Å²) in [5.74, 6) is 0.745. The van der Waals surface area contributed by atoms with E-state index in [1.807, 2.05) is 22.9 Å². The van der Waals surface area contributed by atoms with Crippen LogP contribution in [0, 0.1) is 0 Å². The predicted molar refractivity (Wildman–Crippen MR) is 75.0 cm³/mol. The van der Waals surface area contributed by atoms with E-state index in [0.717, 1.165) is 28.7 Å². The number of anilines is 1. The first-order valence-electron chi connectivity index (χ1n) is 5.97. The number of rotatable bonds is 4. The Labute approximate surface area is 115 Å². The van der Waals surface area contributed by atoms with Crippen LogP contribution in [0.1, 0.15) is 32.7 Å². The van der Waals surface area contributed by atoms with Crippen molar-refractivity contribution in [1.29, 1.82) is 0 Å². The van der Waals surface area contributed by atoms with Gasteiger partial charge in [-0.1, -0.05) is 19.4 Å². The first-order valence-corrected chi connectivity index (χ1v) is 6.76. The summed E-state index contributed by atoms with van der Waals surface area (Å²) in [4.78, 5) is 0. The van der Waals surface area contributed by atoms with E-state index in [9.17, 15) is 0 Å². The van der Waals surface area contributed by atoms with Gasteiger partial charge in [-0.25, -0.2) is 4.68 Å². The minimum atomic E-state index is 0.272. The van der Waals surface area contributed by atoms with Crippen LogP contribution in [0.5, 0.6) is 0 Å². The molecule has 2 rings (SSSR count). The Morgan fingerprint density at radius 1 is 1.44 bits per heavy atom. The molecule has 0 saturated heterocycles. The average Bonchev–Trinajstić information content (AvgIpc) is 2.82. The molecule has 2 aromatic rings. The number of hydrogen-bond acceptors (Lipinski definition) is 4. The molecule has 0 aliphatic rings. The smallest absolute Gasteiger partial charge is 0.183 e. The van der Waals surface area contributed by atoms with Gasteiger partial charge in [-0.3, -0.25) is 0 Å². The van der Waals surface area contributed by atoms with Crippen LogP contribution in [0.2, 0.25) is 0 Å². The minimum Gasteiger partial charge on any atom is -0.398 e. The van der Waals surface area contributed by atoms with Crippen LogP contribution in [0.3, 0.4) is 0 Å². The monoisotopic (exact) mass is 309 g/mol. The molecule has 0 fully saturated rings. The van der Waals surface area contributed by atoms with Crippen molar-refractivity contribution in [3.63, 3.8) is 0 Å². The van der Waals surface area contributed by atoms with E-state index in [0.29, 0.717) is 5.69 Å². The van der Waals surface area contributed by atoms with Crippen LogP contribution >= 0.6 is 15.9 Å². The van der Waals surface area contributed by atoms with Gasteiger partial charge in [0.05, 0.1) is 10.5 Å². The highest BCUT2D eigenvalue weighted by Gasteiger charge is 2.16. The van der Waals surface area contributed by atoms with Crippen molar-refractivity contribution in [3.8, 4) is 11.4 Å². The topological polar surface area (TPSA) is 69.6 Å². The van der Waals surface area contributed by atoms with Gasteiger partial charge in [0.25, 0.3) is 0 Å². The molecule has 1 unspecified atom stereocenters. The molecular formula is C12H16BrN5. The Morgan fingerprint density at radius 2 is 2.22 bits per heavy atom. The lowest BCUT2D eigenvalue weighted by molar-refractivity contribution is 0.447. The Kier molecular flexibility index (Phi) is 3.96. The highest BCUT2D eigenvalue weighted by molar-refractivity contribution is 9.10. The molecule has 1 heterocycles. The standard InChI is InChI=1S/C12H16BrN5/c1-3-5-8(2)18-12(15-16-17-18)9-6-4-7-10(14)11(9)13/h4,6-8H,3,5,14H2,1-2H3. The van der Waals surface area contributed by atoms with Crippen molar-refractivity contribution < 1.29 is 0 Å². The third-order valence-electron chi connectivity index (χ3n) is 2.89. The number of nitrogens with zero attached hydrogens (tertiary/aromatic N) is 4. The second-order valence-electron chi connectivity index (χ2n) is 4.29. The lowest BCUT2D eigenvalue weighted by Gasteiger charge is -2.13. The highest BCUT2D eigenvalue weighted by Crippen LogP contribution is 2.32. The van der Waals surface area contributed by atoms with Crippen LogP contribution in [-0.4, -0.2) is 20.2 Å². The molecular weight excluding hydrogens is 294 g/mol. The molecule has 0 radical (unpaired) electrons. The summed E-state index contributed by atoms with van der Waals surface area (Å²) in [6.07, 6.45) is 2.14. The molecule has 0 saturated carbocycles. The first kappa shape index (κ1) is 13.0. The summed E-state index contributed by atoms with van der Waals surface area (Å²) in [5, 5.41) is 12.0. The maximum atomic E-state index is 5.89. The van der Waals surface area contributed by atoms with Gasteiger partial charge in [0.2, 0.25) is 0 Å². The summed E-state index contributed by atoms with van der Waals surface area (Å²) in [7, 11) is 0. The van der Waals surface area contributed by atoms with Crippen molar-refractivity contribution >= 4 is 21.6 Å². The Balaban J connectivity index is 2.45. The van der Waals surface area contributed by atoms with Gasteiger partial charge < -0.3 is 5.73 Å². The summed E-state index contributed by atoms with van der Waals surface area (Å²) in [6.45, 7) is 4.26. The van der Waals surface area contributed by atoms with Crippen molar-refractivity contribution in [2.75, 3.05) is 5.73 Å². The SMILES string of the molecule is CCCC(C)n1nnnc1-c1cccc(N)c1Br. The molecule has 0 amide bonds. The quantitative estimate of drug-likeness (QED) is 0.881. The lowest BCUT2D eigenvalue weighted by Crippen LogP contribution is -2.09. The van der Waals surface area contributed by atoms with E-state index in [1.54, 1.807) is 0 Å². The maximum Gasteiger partial charge on any atom is 0.183 e. The third kappa shape index (κ3) is 2.38.